The third-order valence-electron chi connectivity index (χ3n) is 3.35. The maximum atomic E-state index is 12.3. The first-order chi connectivity index (χ1) is 9.58. The van der Waals surface area contributed by atoms with Gasteiger partial charge in [0.1, 0.15) is 0 Å². The summed E-state index contributed by atoms with van der Waals surface area (Å²) in [5.41, 5.74) is 0.541. The number of rotatable bonds is 5. The summed E-state index contributed by atoms with van der Waals surface area (Å²) in [4.78, 5) is 16.4. The van der Waals surface area contributed by atoms with Crippen molar-refractivity contribution in [3.63, 3.8) is 0 Å². The lowest BCUT2D eigenvalue weighted by atomic mass is 10.1. The molecule has 1 aromatic heterocycles. The summed E-state index contributed by atoms with van der Waals surface area (Å²) in [5, 5.41) is 1.85. The van der Waals surface area contributed by atoms with Gasteiger partial charge in [0.2, 0.25) is 0 Å². The predicted molar refractivity (Wildman–Crippen MR) is 80.7 cm³/mol. The molecule has 106 valence electrons. The number of nitrogens with zero attached hydrogens (tertiary/aromatic N) is 1. The molecule has 2 rings (SSSR count). The van der Waals surface area contributed by atoms with Crippen LogP contribution in [0, 0.1) is 5.92 Å². The van der Waals surface area contributed by atoms with E-state index >= 15 is 0 Å². The minimum Gasteiger partial charge on any atom is -0.459 e. The molecule has 0 fully saturated rings. The molecular formula is C17H21NO2. The Labute approximate surface area is 120 Å². The predicted octanol–water partition coefficient (Wildman–Crippen LogP) is 4.22. The molecule has 20 heavy (non-hydrogen) atoms. The molecule has 2 aromatic rings. The van der Waals surface area contributed by atoms with Crippen LogP contribution in [0.4, 0.5) is 0 Å². The summed E-state index contributed by atoms with van der Waals surface area (Å²) in [6, 6.07) is 7.72. The summed E-state index contributed by atoms with van der Waals surface area (Å²) in [5.74, 6) is 0.334. The average Bonchev–Trinajstić information content (AvgIpc) is 2.44. The van der Waals surface area contributed by atoms with Crippen molar-refractivity contribution in [2.75, 3.05) is 0 Å². The van der Waals surface area contributed by atoms with Crippen molar-refractivity contribution in [1.29, 1.82) is 0 Å². The number of hydrogen-bond donors (Lipinski definition) is 0. The van der Waals surface area contributed by atoms with E-state index in [2.05, 4.69) is 18.8 Å². The molecule has 0 saturated carbocycles. The van der Waals surface area contributed by atoms with Crippen molar-refractivity contribution >= 4 is 16.7 Å². The minimum atomic E-state index is -0.287. The molecule has 1 unspecified atom stereocenters. The van der Waals surface area contributed by atoms with E-state index in [-0.39, 0.29) is 12.1 Å². The van der Waals surface area contributed by atoms with Crippen molar-refractivity contribution in [3.8, 4) is 0 Å². The summed E-state index contributed by atoms with van der Waals surface area (Å²) >= 11 is 0. The van der Waals surface area contributed by atoms with E-state index in [1.165, 1.54) is 0 Å². The summed E-state index contributed by atoms with van der Waals surface area (Å²) in [6.45, 7) is 6.28. The Bertz CT molecular complexity index is 587. The molecule has 0 bridgehead atoms. The normalized spacial score (nSPS) is 12.6. The maximum absolute atomic E-state index is 12.3. The van der Waals surface area contributed by atoms with Gasteiger partial charge in [-0.1, -0.05) is 38.1 Å². The molecule has 3 heteroatoms. The highest BCUT2D eigenvalue weighted by Gasteiger charge is 2.15. The number of benzene rings is 1. The highest BCUT2D eigenvalue weighted by Crippen LogP contribution is 2.19. The van der Waals surface area contributed by atoms with Gasteiger partial charge in [-0.25, -0.2) is 4.79 Å². The van der Waals surface area contributed by atoms with E-state index in [4.69, 9.17) is 4.74 Å². The second-order valence-corrected chi connectivity index (χ2v) is 5.60. The molecule has 1 heterocycles. The molecule has 0 aliphatic heterocycles. The first kappa shape index (κ1) is 14.5. The second kappa shape index (κ2) is 6.51. The molecule has 0 N–H and O–H groups in total. The number of pyridine rings is 1. The maximum Gasteiger partial charge on any atom is 0.340 e. The van der Waals surface area contributed by atoms with E-state index < -0.39 is 0 Å². The number of esters is 1. The SMILES string of the molecule is CC(C)CCC(C)OC(=O)c1cncc2ccccc12. The number of carbonyl (C=O) groups excluding carboxylic acids is 1. The van der Waals surface area contributed by atoms with Gasteiger partial charge in [0.05, 0.1) is 11.7 Å². The third-order valence-corrected chi connectivity index (χ3v) is 3.35. The Morgan fingerprint density at radius 1 is 1.15 bits per heavy atom. The van der Waals surface area contributed by atoms with Crippen LogP contribution >= 0.6 is 0 Å². The first-order valence-electron chi connectivity index (χ1n) is 7.11. The average molecular weight is 271 g/mol. The molecule has 0 spiro atoms. The van der Waals surface area contributed by atoms with E-state index in [1.807, 2.05) is 31.2 Å². The fraction of sp³-hybridized carbons (Fsp3) is 0.412. The zero-order valence-corrected chi connectivity index (χ0v) is 12.3. The van der Waals surface area contributed by atoms with Crippen LogP contribution in [0.15, 0.2) is 36.7 Å². The van der Waals surface area contributed by atoms with Gasteiger partial charge in [0.25, 0.3) is 0 Å². The van der Waals surface area contributed by atoms with Crippen molar-refractivity contribution < 1.29 is 9.53 Å². The minimum absolute atomic E-state index is 0.0659. The number of aromatic nitrogens is 1. The van der Waals surface area contributed by atoms with Gasteiger partial charge in [-0.2, -0.15) is 0 Å². The standard InChI is InChI=1S/C17H21NO2/c1-12(2)8-9-13(3)20-17(19)16-11-18-10-14-6-4-5-7-15(14)16/h4-7,10-13H,8-9H2,1-3H3. The van der Waals surface area contributed by atoms with Gasteiger partial charge in [-0.3, -0.25) is 4.98 Å². The van der Waals surface area contributed by atoms with Gasteiger partial charge in [-0.15, -0.1) is 0 Å². The molecule has 1 atom stereocenters. The van der Waals surface area contributed by atoms with Crippen LogP contribution in [0.2, 0.25) is 0 Å². The largest absolute Gasteiger partial charge is 0.459 e. The lowest BCUT2D eigenvalue weighted by Crippen LogP contribution is -2.16. The summed E-state index contributed by atoms with van der Waals surface area (Å²) < 4.78 is 5.52. The smallest absolute Gasteiger partial charge is 0.340 e. The Morgan fingerprint density at radius 2 is 1.90 bits per heavy atom. The number of fused-ring (bicyclic) bond motifs is 1. The van der Waals surface area contributed by atoms with Crippen LogP contribution in [0.1, 0.15) is 44.0 Å². The number of ether oxygens (including phenoxy) is 1. The number of carbonyl (C=O) groups is 1. The van der Waals surface area contributed by atoms with Crippen LogP contribution < -0.4 is 0 Å². The molecule has 0 aliphatic carbocycles. The fourth-order valence-electron chi connectivity index (χ4n) is 2.15. The van der Waals surface area contributed by atoms with Crippen LogP contribution in [0.3, 0.4) is 0 Å². The first-order valence-corrected chi connectivity index (χ1v) is 7.11. The highest BCUT2D eigenvalue weighted by molar-refractivity contribution is 6.03. The van der Waals surface area contributed by atoms with Crippen LogP contribution in [0.25, 0.3) is 10.8 Å². The zero-order valence-electron chi connectivity index (χ0n) is 12.3. The fourth-order valence-corrected chi connectivity index (χ4v) is 2.15. The lowest BCUT2D eigenvalue weighted by molar-refractivity contribution is 0.0315. The Balaban J connectivity index is 2.11. The van der Waals surface area contributed by atoms with E-state index in [0.29, 0.717) is 11.5 Å². The highest BCUT2D eigenvalue weighted by atomic mass is 16.5. The molecule has 0 saturated heterocycles. The van der Waals surface area contributed by atoms with Gasteiger partial charge in [0.15, 0.2) is 0 Å². The quantitative estimate of drug-likeness (QED) is 0.764. The van der Waals surface area contributed by atoms with Gasteiger partial charge < -0.3 is 4.74 Å². The van der Waals surface area contributed by atoms with E-state index in [0.717, 1.165) is 23.6 Å². The van der Waals surface area contributed by atoms with E-state index in [9.17, 15) is 4.79 Å². The molecule has 1 aromatic carbocycles. The van der Waals surface area contributed by atoms with Crippen molar-refractivity contribution in [1.82, 2.24) is 4.98 Å². The van der Waals surface area contributed by atoms with Crippen molar-refractivity contribution in [2.24, 2.45) is 5.92 Å². The molecule has 0 aliphatic rings. The van der Waals surface area contributed by atoms with Gasteiger partial charge in [0, 0.05) is 17.8 Å². The topological polar surface area (TPSA) is 39.2 Å². The molecule has 3 nitrogen and oxygen atoms in total. The second-order valence-electron chi connectivity index (χ2n) is 5.60. The molecular weight excluding hydrogens is 250 g/mol. The third kappa shape index (κ3) is 3.56. The van der Waals surface area contributed by atoms with Crippen LogP contribution in [0.5, 0.6) is 0 Å². The Morgan fingerprint density at radius 3 is 2.65 bits per heavy atom. The lowest BCUT2D eigenvalue weighted by Gasteiger charge is -2.15. The van der Waals surface area contributed by atoms with Crippen LogP contribution in [-0.2, 0) is 4.74 Å². The van der Waals surface area contributed by atoms with Crippen LogP contribution in [-0.4, -0.2) is 17.1 Å². The monoisotopic (exact) mass is 271 g/mol. The van der Waals surface area contributed by atoms with E-state index in [1.54, 1.807) is 12.4 Å². The Kier molecular flexibility index (Phi) is 4.72. The van der Waals surface area contributed by atoms with Crippen molar-refractivity contribution in [2.45, 2.75) is 39.7 Å². The summed E-state index contributed by atoms with van der Waals surface area (Å²) in [6.07, 6.45) is 5.22. The zero-order chi connectivity index (χ0) is 14.5. The van der Waals surface area contributed by atoms with Gasteiger partial charge >= 0.3 is 5.97 Å². The number of hydrogen-bond acceptors (Lipinski definition) is 3. The van der Waals surface area contributed by atoms with Crippen molar-refractivity contribution in [3.05, 3.63) is 42.2 Å². The molecule has 0 radical (unpaired) electrons. The Hall–Kier alpha value is -1.90. The summed E-state index contributed by atoms with van der Waals surface area (Å²) in [7, 11) is 0. The molecule has 0 amide bonds. The van der Waals surface area contributed by atoms with Gasteiger partial charge in [-0.05, 0) is 31.1 Å².